The smallest absolute Gasteiger partial charge is 0.222 e. The van der Waals surface area contributed by atoms with Crippen molar-refractivity contribution >= 4 is 34.0 Å². The molecular weight excluding hydrogens is 420 g/mol. The summed E-state index contributed by atoms with van der Waals surface area (Å²) in [5.41, 5.74) is 4.54. The highest BCUT2D eigenvalue weighted by Crippen LogP contribution is 2.33. The van der Waals surface area contributed by atoms with Crippen LogP contribution in [0.4, 0.5) is 0 Å². The minimum Gasteiger partial charge on any atom is -0.371 e. The number of rotatable bonds is 7. The van der Waals surface area contributed by atoms with Gasteiger partial charge in [-0.1, -0.05) is 12.1 Å². The second kappa shape index (κ2) is 9.32. The molecule has 7 nitrogen and oxygen atoms in total. The summed E-state index contributed by atoms with van der Waals surface area (Å²) in [5, 5.41) is 11.2. The van der Waals surface area contributed by atoms with E-state index >= 15 is 0 Å². The lowest BCUT2D eigenvalue weighted by Crippen LogP contribution is -2.48. The number of carbonyl (C=O) groups is 1. The molecule has 3 aromatic rings. The molecule has 0 unspecified atom stereocenters. The van der Waals surface area contributed by atoms with Crippen LogP contribution in [0.15, 0.2) is 41.9 Å². The lowest BCUT2D eigenvalue weighted by atomic mass is 10.1. The molecule has 1 fully saturated rings. The summed E-state index contributed by atoms with van der Waals surface area (Å²) in [6.45, 7) is 8.37. The molecule has 0 spiro atoms. The van der Waals surface area contributed by atoms with Gasteiger partial charge in [-0.15, -0.1) is 11.3 Å². The van der Waals surface area contributed by atoms with Crippen LogP contribution in [0.5, 0.6) is 0 Å². The Balaban J connectivity index is 1.09. The fourth-order valence-corrected chi connectivity index (χ4v) is 5.42. The molecule has 2 aliphatic heterocycles. The maximum absolute atomic E-state index is 12.7. The largest absolute Gasteiger partial charge is 0.371 e. The molecule has 1 aromatic carbocycles. The number of thiophene rings is 1. The van der Waals surface area contributed by atoms with Gasteiger partial charge in [0.1, 0.15) is 11.0 Å². The third kappa shape index (κ3) is 4.37. The third-order valence-electron chi connectivity index (χ3n) is 6.38. The summed E-state index contributed by atoms with van der Waals surface area (Å²) >= 11 is 1.84. The molecule has 0 saturated carbocycles. The van der Waals surface area contributed by atoms with Crippen molar-refractivity contribution in [2.24, 2.45) is 0 Å². The number of hydrogen-bond acceptors (Lipinski definition) is 6. The fraction of sp³-hybridized carbons (Fsp3) is 0.458. The zero-order valence-corrected chi connectivity index (χ0v) is 19.4. The van der Waals surface area contributed by atoms with E-state index in [1.54, 1.807) is 4.80 Å². The third-order valence-corrected chi connectivity index (χ3v) is 7.28. The second-order valence-electron chi connectivity index (χ2n) is 8.44. The maximum atomic E-state index is 12.7. The van der Waals surface area contributed by atoms with Gasteiger partial charge < -0.3 is 14.7 Å². The van der Waals surface area contributed by atoms with Gasteiger partial charge in [0.05, 0.1) is 18.8 Å². The Bertz CT molecular complexity index is 1080. The van der Waals surface area contributed by atoms with E-state index < -0.39 is 0 Å². The molecule has 32 heavy (non-hydrogen) atoms. The van der Waals surface area contributed by atoms with Crippen LogP contribution in [0.3, 0.4) is 0 Å². The fourth-order valence-electron chi connectivity index (χ4n) is 4.51. The molecule has 2 aromatic heterocycles. The molecule has 0 bridgehead atoms. The van der Waals surface area contributed by atoms with Crippen molar-refractivity contribution in [2.75, 3.05) is 32.7 Å². The van der Waals surface area contributed by atoms with E-state index in [2.05, 4.69) is 44.6 Å². The number of carbonyl (C=O) groups excluding carboxylic acids is 1. The van der Waals surface area contributed by atoms with E-state index in [9.17, 15) is 4.79 Å². The predicted octanol–water partition coefficient (Wildman–Crippen LogP) is 3.64. The number of nitrogens with zero attached hydrogens (tertiary/aromatic N) is 6. The Morgan fingerprint density at radius 3 is 2.50 bits per heavy atom. The first-order valence-corrected chi connectivity index (χ1v) is 12.4. The number of fused-ring (bicyclic) bond motifs is 2. The SMILES string of the molecule is CCN1C=C(N2CCN(C(=O)CCCCn3nc4ccccc4n3)CC2)c2ccsc2C1. The summed E-state index contributed by atoms with van der Waals surface area (Å²) < 4.78 is 0. The standard InChI is InChI=1S/C24H30N6OS/c1-2-27-17-22(19-10-16-32-23(19)18-27)28-12-14-29(15-13-28)24(31)9-5-6-11-30-25-20-7-3-4-8-21(20)26-30/h3-4,7-8,10,16-17H,2,5-6,9,11-15,18H2,1H3. The van der Waals surface area contributed by atoms with Crippen LogP contribution in [-0.2, 0) is 17.9 Å². The first-order chi connectivity index (χ1) is 15.7. The first-order valence-electron chi connectivity index (χ1n) is 11.6. The normalized spacial score (nSPS) is 16.4. The molecule has 1 saturated heterocycles. The van der Waals surface area contributed by atoms with Gasteiger partial charge in [0.2, 0.25) is 5.91 Å². The Morgan fingerprint density at radius 2 is 1.78 bits per heavy atom. The zero-order valence-electron chi connectivity index (χ0n) is 18.6. The van der Waals surface area contributed by atoms with E-state index in [1.165, 1.54) is 16.1 Å². The van der Waals surface area contributed by atoms with Crippen LogP contribution in [0.2, 0.25) is 0 Å². The minimum atomic E-state index is 0.271. The van der Waals surface area contributed by atoms with Crippen LogP contribution in [0, 0.1) is 0 Å². The van der Waals surface area contributed by atoms with Gasteiger partial charge in [0, 0.05) is 55.8 Å². The highest BCUT2D eigenvalue weighted by Gasteiger charge is 2.26. The van der Waals surface area contributed by atoms with Crippen LogP contribution in [0.1, 0.15) is 36.6 Å². The molecule has 0 aliphatic carbocycles. The zero-order chi connectivity index (χ0) is 21.9. The van der Waals surface area contributed by atoms with Crippen LogP contribution >= 0.6 is 11.3 Å². The van der Waals surface area contributed by atoms with Crippen molar-refractivity contribution in [1.82, 2.24) is 29.7 Å². The predicted molar refractivity (Wildman–Crippen MR) is 128 cm³/mol. The van der Waals surface area contributed by atoms with E-state index in [4.69, 9.17) is 0 Å². The van der Waals surface area contributed by atoms with E-state index in [0.717, 1.165) is 69.7 Å². The average molecular weight is 451 g/mol. The maximum Gasteiger partial charge on any atom is 0.222 e. The number of benzene rings is 1. The molecule has 2 aliphatic rings. The van der Waals surface area contributed by atoms with E-state index in [0.29, 0.717) is 6.42 Å². The number of piperazine rings is 1. The van der Waals surface area contributed by atoms with Crippen LogP contribution in [0.25, 0.3) is 16.7 Å². The van der Waals surface area contributed by atoms with Gasteiger partial charge in [-0.05, 0) is 43.3 Å². The molecule has 5 rings (SSSR count). The van der Waals surface area contributed by atoms with E-state index in [-0.39, 0.29) is 5.91 Å². The number of hydrogen-bond donors (Lipinski definition) is 0. The molecule has 168 valence electrons. The van der Waals surface area contributed by atoms with E-state index in [1.807, 2.05) is 40.5 Å². The number of amides is 1. The van der Waals surface area contributed by atoms with Crippen molar-refractivity contribution in [2.45, 2.75) is 39.3 Å². The Kier molecular flexibility index (Phi) is 6.12. The van der Waals surface area contributed by atoms with Crippen LogP contribution in [-0.4, -0.2) is 68.3 Å². The Labute approximate surface area is 192 Å². The highest BCUT2D eigenvalue weighted by molar-refractivity contribution is 7.10. The molecule has 8 heteroatoms. The van der Waals surface area contributed by atoms with Gasteiger partial charge in [0.15, 0.2) is 0 Å². The van der Waals surface area contributed by atoms with Gasteiger partial charge in [-0.3, -0.25) is 4.79 Å². The molecule has 1 amide bonds. The lowest BCUT2D eigenvalue weighted by Gasteiger charge is -2.39. The summed E-state index contributed by atoms with van der Waals surface area (Å²) in [7, 11) is 0. The average Bonchev–Trinajstić information content (AvgIpc) is 3.47. The van der Waals surface area contributed by atoms with Gasteiger partial charge >= 0.3 is 0 Å². The molecular formula is C24H30N6OS. The molecule has 0 atom stereocenters. The molecule has 4 heterocycles. The second-order valence-corrected chi connectivity index (χ2v) is 9.45. The molecule has 0 N–H and O–H groups in total. The topological polar surface area (TPSA) is 57.5 Å². The summed E-state index contributed by atoms with van der Waals surface area (Å²) in [4.78, 5) is 22.8. The number of aromatic nitrogens is 3. The Hall–Kier alpha value is -2.87. The van der Waals surface area contributed by atoms with Gasteiger partial charge in [0.25, 0.3) is 0 Å². The summed E-state index contributed by atoms with van der Waals surface area (Å²) in [5.74, 6) is 0.271. The summed E-state index contributed by atoms with van der Waals surface area (Å²) in [6, 6.07) is 10.1. The highest BCUT2D eigenvalue weighted by atomic mass is 32.1. The van der Waals surface area contributed by atoms with Gasteiger partial charge in [-0.25, -0.2) is 0 Å². The quantitative estimate of drug-likeness (QED) is 0.515. The van der Waals surface area contributed by atoms with Crippen molar-refractivity contribution in [3.63, 3.8) is 0 Å². The number of aryl methyl sites for hydroxylation is 1. The van der Waals surface area contributed by atoms with Crippen LogP contribution < -0.4 is 0 Å². The summed E-state index contributed by atoms with van der Waals surface area (Å²) in [6.07, 6.45) is 4.68. The van der Waals surface area contributed by atoms with Gasteiger partial charge in [-0.2, -0.15) is 15.0 Å². The Morgan fingerprint density at radius 1 is 1.03 bits per heavy atom. The van der Waals surface area contributed by atoms with Crippen molar-refractivity contribution in [3.05, 3.63) is 52.4 Å². The van der Waals surface area contributed by atoms with Crippen molar-refractivity contribution in [3.8, 4) is 0 Å². The van der Waals surface area contributed by atoms with Crippen molar-refractivity contribution < 1.29 is 4.79 Å². The number of unbranched alkanes of at least 4 members (excludes halogenated alkanes) is 1. The lowest BCUT2D eigenvalue weighted by molar-refractivity contribution is -0.132. The molecule has 0 radical (unpaired) electrons. The van der Waals surface area contributed by atoms with Crippen molar-refractivity contribution in [1.29, 1.82) is 0 Å². The monoisotopic (exact) mass is 450 g/mol. The first kappa shape index (κ1) is 21.0. The minimum absolute atomic E-state index is 0.271.